The lowest BCUT2D eigenvalue weighted by atomic mass is 9.84. The molecular weight excluding hydrogens is 308 g/mol. The van der Waals surface area contributed by atoms with Crippen molar-refractivity contribution in [3.63, 3.8) is 0 Å². The van der Waals surface area contributed by atoms with E-state index >= 15 is 0 Å². The Labute approximate surface area is 142 Å². The van der Waals surface area contributed by atoms with E-state index < -0.39 is 0 Å². The Hall–Kier alpha value is -0.910. The van der Waals surface area contributed by atoms with E-state index in [4.69, 9.17) is 4.74 Å². The summed E-state index contributed by atoms with van der Waals surface area (Å²) in [6.07, 6.45) is 4.64. The molecule has 3 aliphatic rings. The molecule has 4 heterocycles. The Morgan fingerprint density at radius 3 is 2.96 bits per heavy atom. The lowest BCUT2D eigenvalue weighted by Crippen LogP contribution is -2.47. The number of rotatable bonds is 4. The van der Waals surface area contributed by atoms with Crippen LogP contribution in [0.25, 0.3) is 0 Å². The molecule has 1 amide bonds. The zero-order chi connectivity index (χ0) is 15.6. The molecule has 5 heteroatoms. The van der Waals surface area contributed by atoms with Gasteiger partial charge in [0.25, 0.3) is 0 Å². The van der Waals surface area contributed by atoms with Gasteiger partial charge in [-0.2, -0.15) is 11.3 Å². The van der Waals surface area contributed by atoms with E-state index in [0.717, 1.165) is 38.2 Å². The van der Waals surface area contributed by atoms with Crippen molar-refractivity contribution in [1.29, 1.82) is 0 Å². The van der Waals surface area contributed by atoms with Gasteiger partial charge in [-0.15, -0.1) is 0 Å². The number of hydrogen-bond acceptors (Lipinski definition) is 4. The molecule has 4 nitrogen and oxygen atoms in total. The summed E-state index contributed by atoms with van der Waals surface area (Å²) in [5.74, 6) is 1.48. The molecule has 4 rings (SSSR count). The number of fused-ring (bicyclic) bond motifs is 1. The smallest absolute Gasteiger partial charge is 0.227 e. The molecule has 0 spiro atoms. The molecule has 23 heavy (non-hydrogen) atoms. The van der Waals surface area contributed by atoms with Crippen molar-refractivity contribution in [3.05, 3.63) is 22.4 Å². The van der Waals surface area contributed by atoms with Crippen molar-refractivity contribution in [2.45, 2.75) is 31.8 Å². The van der Waals surface area contributed by atoms with E-state index in [0.29, 0.717) is 24.4 Å². The van der Waals surface area contributed by atoms with Crippen molar-refractivity contribution in [2.75, 3.05) is 39.3 Å². The van der Waals surface area contributed by atoms with Crippen molar-refractivity contribution < 1.29 is 9.53 Å². The van der Waals surface area contributed by atoms with Crippen LogP contribution in [0.3, 0.4) is 0 Å². The van der Waals surface area contributed by atoms with Crippen LogP contribution in [-0.2, 0) is 16.0 Å². The van der Waals surface area contributed by atoms with Gasteiger partial charge in [0.2, 0.25) is 5.91 Å². The first-order chi connectivity index (χ1) is 11.3. The summed E-state index contributed by atoms with van der Waals surface area (Å²) in [5.41, 5.74) is 1.15. The number of carbonyl (C=O) groups is 1. The number of carbonyl (C=O) groups excluding carboxylic acids is 1. The highest BCUT2D eigenvalue weighted by atomic mass is 32.1. The van der Waals surface area contributed by atoms with Crippen LogP contribution in [0.4, 0.5) is 0 Å². The Bertz CT molecular complexity index is 527. The summed E-state index contributed by atoms with van der Waals surface area (Å²) >= 11 is 1.67. The second kappa shape index (κ2) is 6.91. The van der Waals surface area contributed by atoms with Crippen LogP contribution in [0.2, 0.25) is 0 Å². The van der Waals surface area contributed by atoms with Gasteiger partial charge < -0.3 is 14.5 Å². The van der Waals surface area contributed by atoms with Crippen LogP contribution in [0, 0.1) is 11.8 Å². The minimum atomic E-state index is 0.286. The first kappa shape index (κ1) is 15.6. The van der Waals surface area contributed by atoms with E-state index in [-0.39, 0.29) is 5.91 Å². The first-order valence-corrected chi connectivity index (χ1v) is 9.86. The monoisotopic (exact) mass is 334 g/mol. The van der Waals surface area contributed by atoms with E-state index in [1.807, 2.05) is 5.38 Å². The molecule has 0 unspecified atom stereocenters. The normalized spacial score (nSPS) is 31.5. The topological polar surface area (TPSA) is 32.8 Å². The van der Waals surface area contributed by atoms with E-state index in [2.05, 4.69) is 21.2 Å². The lowest BCUT2D eigenvalue weighted by Gasteiger charge is -2.37. The maximum atomic E-state index is 12.6. The molecule has 3 aliphatic heterocycles. The predicted octanol–water partition coefficient (Wildman–Crippen LogP) is 2.25. The van der Waals surface area contributed by atoms with E-state index in [1.54, 1.807) is 11.3 Å². The Morgan fingerprint density at radius 2 is 2.17 bits per heavy atom. The molecule has 0 aromatic carbocycles. The first-order valence-electron chi connectivity index (χ1n) is 8.92. The third kappa shape index (κ3) is 3.47. The highest BCUT2D eigenvalue weighted by Gasteiger charge is 2.42. The van der Waals surface area contributed by atoms with Gasteiger partial charge in [-0.1, -0.05) is 0 Å². The number of hydrogen-bond donors (Lipinski definition) is 0. The second-order valence-corrected chi connectivity index (χ2v) is 8.02. The summed E-state index contributed by atoms with van der Waals surface area (Å²) in [4.78, 5) is 17.2. The van der Waals surface area contributed by atoms with Crippen LogP contribution in [0.1, 0.15) is 24.8 Å². The molecule has 3 saturated heterocycles. The molecule has 0 saturated carbocycles. The standard InChI is InChI=1S/C18H26N2O2S/c21-18(9-14-4-8-23-13-14)20-7-3-15-12-22-17(16(15)10-20)11-19-5-1-2-6-19/h4,8,13,15-17H,1-3,5-7,9-12H2/t15-,16-,17+/m1/s1. The van der Waals surface area contributed by atoms with Gasteiger partial charge in [0.1, 0.15) is 0 Å². The molecular formula is C18H26N2O2S. The molecule has 3 atom stereocenters. The Morgan fingerprint density at radius 1 is 1.30 bits per heavy atom. The van der Waals surface area contributed by atoms with Gasteiger partial charge in [-0.25, -0.2) is 0 Å². The number of ether oxygens (including phenoxy) is 1. The molecule has 3 fully saturated rings. The predicted molar refractivity (Wildman–Crippen MR) is 91.6 cm³/mol. The zero-order valence-electron chi connectivity index (χ0n) is 13.7. The molecule has 126 valence electrons. The van der Waals surface area contributed by atoms with Crippen LogP contribution in [0.5, 0.6) is 0 Å². The average molecular weight is 334 g/mol. The summed E-state index contributed by atoms with van der Waals surface area (Å²) in [6.45, 7) is 6.20. The average Bonchev–Trinajstić information content (AvgIpc) is 3.30. The number of thiophene rings is 1. The van der Waals surface area contributed by atoms with E-state index in [9.17, 15) is 4.79 Å². The van der Waals surface area contributed by atoms with Crippen LogP contribution in [-0.4, -0.2) is 61.1 Å². The molecule has 0 radical (unpaired) electrons. The van der Waals surface area contributed by atoms with Gasteiger partial charge in [-0.05, 0) is 60.7 Å². The minimum absolute atomic E-state index is 0.286. The summed E-state index contributed by atoms with van der Waals surface area (Å²) < 4.78 is 6.12. The van der Waals surface area contributed by atoms with Crippen LogP contribution < -0.4 is 0 Å². The van der Waals surface area contributed by atoms with Crippen LogP contribution in [0.15, 0.2) is 16.8 Å². The van der Waals surface area contributed by atoms with Crippen molar-refractivity contribution in [3.8, 4) is 0 Å². The van der Waals surface area contributed by atoms with Gasteiger partial charge in [0, 0.05) is 25.6 Å². The number of piperidine rings is 1. The van der Waals surface area contributed by atoms with E-state index in [1.165, 1.54) is 25.9 Å². The second-order valence-electron chi connectivity index (χ2n) is 7.24. The Kier molecular flexibility index (Phi) is 4.69. The van der Waals surface area contributed by atoms with Crippen molar-refractivity contribution >= 4 is 17.2 Å². The summed E-state index contributed by atoms with van der Waals surface area (Å²) in [5, 5.41) is 4.13. The SMILES string of the molecule is O=C(Cc1ccsc1)N1CC[C@@H]2CO[C@@H](CN3CCCC3)[C@@H]2C1. The molecule has 1 aromatic heterocycles. The van der Waals surface area contributed by atoms with Gasteiger partial charge in [-0.3, -0.25) is 4.79 Å². The van der Waals surface area contributed by atoms with Gasteiger partial charge in [0.15, 0.2) is 0 Å². The van der Waals surface area contributed by atoms with Crippen molar-refractivity contribution in [2.24, 2.45) is 11.8 Å². The highest BCUT2D eigenvalue weighted by molar-refractivity contribution is 7.07. The molecule has 0 bridgehead atoms. The maximum absolute atomic E-state index is 12.6. The Balaban J connectivity index is 1.36. The fourth-order valence-electron chi connectivity index (χ4n) is 4.34. The summed E-state index contributed by atoms with van der Waals surface area (Å²) in [7, 11) is 0. The maximum Gasteiger partial charge on any atom is 0.227 e. The molecule has 0 N–H and O–H groups in total. The molecule has 1 aromatic rings. The fraction of sp³-hybridized carbons (Fsp3) is 0.722. The highest BCUT2D eigenvalue weighted by Crippen LogP contribution is 2.35. The minimum Gasteiger partial charge on any atom is -0.376 e. The zero-order valence-corrected chi connectivity index (χ0v) is 14.5. The number of nitrogens with zero attached hydrogens (tertiary/aromatic N) is 2. The fourth-order valence-corrected chi connectivity index (χ4v) is 5.01. The van der Waals surface area contributed by atoms with Gasteiger partial charge >= 0.3 is 0 Å². The van der Waals surface area contributed by atoms with Crippen molar-refractivity contribution in [1.82, 2.24) is 9.80 Å². The molecule has 0 aliphatic carbocycles. The van der Waals surface area contributed by atoms with Gasteiger partial charge in [0.05, 0.1) is 19.1 Å². The number of amides is 1. The number of likely N-dealkylation sites (tertiary alicyclic amines) is 2. The quantitative estimate of drug-likeness (QED) is 0.847. The largest absolute Gasteiger partial charge is 0.376 e. The van der Waals surface area contributed by atoms with Crippen LogP contribution >= 0.6 is 11.3 Å². The lowest BCUT2D eigenvalue weighted by molar-refractivity contribution is -0.133. The summed E-state index contributed by atoms with van der Waals surface area (Å²) in [6, 6.07) is 2.06. The third-order valence-electron chi connectivity index (χ3n) is 5.73. The third-order valence-corrected chi connectivity index (χ3v) is 6.47.